The molecule has 1 N–H and O–H groups in total. The summed E-state index contributed by atoms with van der Waals surface area (Å²) in [4.78, 5) is 35.0. The molecule has 0 heterocycles. The molecule has 0 aromatic heterocycles. The van der Waals surface area contributed by atoms with Gasteiger partial charge in [-0.1, -0.05) is 13.0 Å². The summed E-state index contributed by atoms with van der Waals surface area (Å²) < 4.78 is 5.28. The number of carboxylic acids is 1. The van der Waals surface area contributed by atoms with Crippen LogP contribution in [-0.2, 0) is 4.79 Å². The monoisotopic (exact) mass is 310 g/mol. The number of hydrogen-bond acceptors (Lipinski definition) is 5. The predicted octanol–water partition coefficient (Wildman–Crippen LogP) is 1.93. The van der Waals surface area contributed by atoms with Gasteiger partial charge in [0, 0.05) is 12.6 Å². The molecule has 8 nitrogen and oxygen atoms in total. The Balaban J connectivity index is 3.33. The van der Waals surface area contributed by atoms with Crippen LogP contribution < -0.4 is 4.74 Å². The molecule has 1 aromatic rings. The first-order chi connectivity index (χ1) is 10.4. The standard InChI is InChI=1S/C14H18N2O6/c1-3-8-15(9-12(17)18)14(19)13-10(16(20)21)6-5-7-11(13)22-4-2/h5-7H,3-4,8-9H2,1-2H3,(H,17,18). The van der Waals surface area contributed by atoms with Crippen molar-refractivity contribution in [2.24, 2.45) is 0 Å². The third-order valence-electron chi connectivity index (χ3n) is 2.82. The Morgan fingerprint density at radius 2 is 2.05 bits per heavy atom. The second kappa shape index (κ2) is 7.96. The maximum Gasteiger partial charge on any atom is 0.323 e. The molecule has 0 fully saturated rings. The first-order valence-corrected chi connectivity index (χ1v) is 6.83. The van der Waals surface area contributed by atoms with E-state index in [9.17, 15) is 19.7 Å². The number of nitro benzene ring substituents is 1. The van der Waals surface area contributed by atoms with E-state index in [1.54, 1.807) is 13.8 Å². The molecule has 0 atom stereocenters. The Morgan fingerprint density at radius 1 is 1.36 bits per heavy atom. The van der Waals surface area contributed by atoms with Crippen LogP contribution in [0, 0.1) is 10.1 Å². The van der Waals surface area contributed by atoms with E-state index in [0.717, 1.165) is 4.90 Å². The zero-order valence-electron chi connectivity index (χ0n) is 12.4. The lowest BCUT2D eigenvalue weighted by Gasteiger charge is -2.21. The van der Waals surface area contributed by atoms with Gasteiger partial charge >= 0.3 is 5.97 Å². The van der Waals surface area contributed by atoms with E-state index in [-0.39, 0.29) is 24.5 Å². The van der Waals surface area contributed by atoms with Crippen molar-refractivity contribution in [1.82, 2.24) is 4.90 Å². The molecule has 1 amide bonds. The van der Waals surface area contributed by atoms with Gasteiger partial charge in [0.1, 0.15) is 12.3 Å². The summed E-state index contributed by atoms with van der Waals surface area (Å²) in [5, 5.41) is 20.0. The molecule has 0 saturated heterocycles. The van der Waals surface area contributed by atoms with Crippen LogP contribution in [0.25, 0.3) is 0 Å². The molecule has 0 aliphatic heterocycles. The summed E-state index contributed by atoms with van der Waals surface area (Å²) >= 11 is 0. The van der Waals surface area contributed by atoms with Crippen molar-refractivity contribution >= 4 is 17.6 Å². The van der Waals surface area contributed by atoms with Crippen molar-refractivity contribution < 1.29 is 24.4 Å². The first kappa shape index (κ1) is 17.4. The summed E-state index contributed by atoms with van der Waals surface area (Å²) in [5.74, 6) is -1.83. The van der Waals surface area contributed by atoms with Crippen LogP contribution in [0.15, 0.2) is 18.2 Å². The van der Waals surface area contributed by atoms with Crippen LogP contribution in [0.2, 0.25) is 0 Å². The highest BCUT2D eigenvalue weighted by atomic mass is 16.6. The van der Waals surface area contributed by atoms with Crippen LogP contribution in [0.5, 0.6) is 5.75 Å². The van der Waals surface area contributed by atoms with Crippen LogP contribution in [0.3, 0.4) is 0 Å². The van der Waals surface area contributed by atoms with E-state index in [1.165, 1.54) is 18.2 Å². The van der Waals surface area contributed by atoms with E-state index in [2.05, 4.69) is 0 Å². The summed E-state index contributed by atoms with van der Waals surface area (Å²) in [5.41, 5.74) is -0.619. The van der Waals surface area contributed by atoms with Gasteiger partial charge in [0.2, 0.25) is 0 Å². The van der Waals surface area contributed by atoms with Gasteiger partial charge in [0.15, 0.2) is 5.56 Å². The molecule has 0 aliphatic carbocycles. The van der Waals surface area contributed by atoms with Crippen molar-refractivity contribution in [3.8, 4) is 5.75 Å². The quantitative estimate of drug-likeness (QED) is 0.580. The van der Waals surface area contributed by atoms with Crippen LogP contribution in [-0.4, -0.2) is 46.5 Å². The SMILES string of the molecule is CCCN(CC(=O)O)C(=O)c1c(OCC)cccc1[N+](=O)[O-]. The molecule has 0 bridgehead atoms. The maximum atomic E-state index is 12.6. The molecule has 120 valence electrons. The van der Waals surface area contributed by atoms with Crippen LogP contribution >= 0.6 is 0 Å². The zero-order chi connectivity index (χ0) is 16.7. The number of aliphatic carboxylic acids is 1. The van der Waals surface area contributed by atoms with Crippen molar-refractivity contribution in [3.63, 3.8) is 0 Å². The molecule has 0 spiro atoms. The number of nitro groups is 1. The fraction of sp³-hybridized carbons (Fsp3) is 0.429. The number of carbonyl (C=O) groups is 2. The Labute approximate surface area is 127 Å². The molecule has 8 heteroatoms. The minimum atomic E-state index is -1.18. The van der Waals surface area contributed by atoms with Gasteiger partial charge in [-0.15, -0.1) is 0 Å². The molecule has 0 saturated carbocycles. The van der Waals surface area contributed by atoms with Crippen LogP contribution in [0.1, 0.15) is 30.6 Å². The third-order valence-corrected chi connectivity index (χ3v) is 2.82. The Hall–Kier alpha value is -2.64. The largest absolute Gasteiger partial charge is 0.493 e. The summed E-state index contributed by atoms with van der Waals surface area (Å²) in [6.07, 6.45) is 0.531. The lowest BCUT2D eigenvalue weighted by molar-refractivity contribution is -0.385. The normalized spacial score (nSPS) is 10.1. The van der Waals surface area contributed by atoms with Crippen LogP contribution in [0.4, 0.5) is 5.69 Å². The Bertz CT molecular complexity index is 572. The molecule has 0 unspecified atom stereocenters. The van der Waals surface area contributed by atoms with Crippen molar-refractivity contribution in [1.29, 1.82) is 0 Å². The number of carboxylic acid groups (broad SMARTS) is 1. The molecule has 0 radical (unpaired) electrons. The second-order valence-electron chi connectivity index (χ2n) is 4.46. The highest BCUT2D eigenvalue weighted by Crippen LogP contribution is 2.29. The van der Waals surface area contributed by atoms with E-state index in [0.29, 0.717) is 6.42 Å². The van der Waals surface area contributed by atoms with Gasteiger partial charge in [-0.05, 0) is 19.4 Å². The van der Waals surface area contributed by atoms with E-state index in [1.807, 2.05) is 0 Å². The summed E-state index contributed by atoms with van der Waals surface area (Å²) in [7, 11) is 0. The van der Waals surface area contributed by atoms with E-state index >= 15 is 0 Å². The van der Waals surface area contributed by atoms with E-state index < -0.39 is 29.0 Å². The minimum absolute atomic E-state index is 0.0770. The van der Waals surface area contributed by atoms with Gasteiger partial charge in [0.05, 0.1) is 11.5 Å². The molecule has 0 aliphatic rings. The Morgan fingerprint density at radius 3 is 2.55 bits per heavy atom. The summed E-state index contributed by atoms with van der Waals surface area (Å²) in [6, 6.07) is 4.07. The zero-order valence-corrected chi connectivity index (χ0v) is 12.4. The van der Waals surface area contributed by atoms with Gasteiger partial charge in [-0.3, -0.25) is 19.7 Å². The molecule has 1 rings (SSSR count). The first-order valence-electron chi connectivity index (χ1n) is 6.83. The number of nitrogens with zero attached hydrogens (tertiary/aromatic N) is 2. The van der Waals surface area contributed by atoms with Gasteiger partial charge < -0.3 is 14.7 Å². The highest BCUT2D eigenvalue weighted by molar-refractivity contribution is 6.02. The topological polar surface area (TPSA) is 110 Å². The van der Waals surface area contributed by atoms with Gasteiger partial charge in [-0.2, -0.15) is 0 Å². The number of ether oxygens (including phenoxy) is 1. The summed E-state index contributed by atoms with van der Waals surface area (Å²) in [6.45, 7) is 3.36. The smallest absolute Gasteiger partial charge is 0.323 e. The average molecular weight is 310 g/mol. The van der Waals surface area contributed by atoms with E-state index in [4.69, 9.17) is 9.84 Å². The number of benzene rings is 1. The number of carbonyl (C=O) groups excluding carboxylic acids is 1. The van der Waals surface area contributed by atoms with Crippen molar-refractivity contribution in [2.45, 2.75) is 20.3 Å². The Kier molecular flexibility index (Phi) is 6.30. The van der Waals surface area contributed by atoms with Crippen molar-refractivity contribution in [2.75, 3.05) is 19.7 Å². The molecular weight excluding hydrogens is 292 g/mol. The minimum Gasteiger partial charge on any atom is -0.493 e. The maximum absolute atomic E-state index is 12.6. The molecule has 1 aromatic carbocycles. The lowest BCUT2D eigenvalue weighted by Crippen LogP contribution is -2.36. The third kappa shape index (κ3) is 4.18. The number of rotatable bonds is 8. The number of amides is 1. The fourth-order valence-corrected chi connectivity index (χ4v) is 2.01. The predicted molar refractivity (Wildman–Crippen MR) is 78.1 cm³/mol. The highest BCUT2D eigenvalue weighted by Gasteiger charge is 2.29. The molecular formula is C14H18N2O6. The van der Waals surface area contributed by atoms with Gasteiger partial charge in [-0.25, -0.2) is 0 Å². The second-order valence-corrected chi connectivity index (χ2v) is 4.46. The lowest BCUT2D eigenvalue weighted by atomic mass is 10.1. The van der Waals surface area contributed by atoms with Gasteiger partial charge in [0.25, 0.3) is 11.6 Å². The average Bonchev–Trinajstić information content (AvgIpc) is 2.45. The fourth-order valence-electron chi connectivity index (χ4n) is 2.01. The molecule has 22 heavy (non-hydrogen) atoms. The number of hydrogen-bond donors (Lipinski definition) is 1. The van der Waals surface area contributed by atoms with Crippen molar-refractivity contribution in [3.05, 3.63) is 33.9 Å².